The molecule has 7 heterocycles. The highest BCUT2D eigenvalue weighted by atomic mass is 16.2. The molecule has 14 aromatic carbocycles. The lowest BCUT2D eigenvalue weighted by atomic mass is 9.24. The first-order valence-corrected chi connectivity index (χ1v) is 46.1. The third kappa shape index (κ3) is 8.65. The quantitative estimate of drug-likeness (QED) is 0.139. The predicted molar refractivity (Wildman–Crippen MR) is 522 cm³/mol. The Labute approximate surface area is 735 Å². The van der Waals surface area contributed by atoms with Crippen molar-refractivity contribution < 1.29 is 4.79 Å². The Morgan fingerprint density at radius 2 is 0.403 bits per heavy atom. The Hall–Kier alpha value is -11.3. The van der Waals surface area contributed by atoms with Crippen LogP contribution in [-0.2, 0) is 65.0 Å². The second kappa shape index (κ2) is 22.7. The molecule has 4 spiro atoms. The number of urea groups is 1. The number of rotatable bonds is 0. The van der Waals surface area contributed by atoms with Gasteiger partial charge in [-0.2, -0.15) is 0 Å². The van der Waals surface area contributed by atoms with Gasteiger partial charge in [-0.25, -0.2) is 4.79 Å². The van der Waals surface area contributed by atoms with E-state index in [1.807, 2.05) is 0 Å². The van der Waals surface area contributed by atoms with Crippen LogP contribution in [0, 0.1) is 0 Å². The Morgan fingerprint density at radius 3 is 0.613 bits per heavy atom. The van der Waals surface area contributed by atoms with Gasteiger partial charge in [0, 0.05) is 16.8 Å². The van der Waals surface area contributed by atoms with E-state index in [-0.39, 0.29) is 62.8 Å². The van der Waals surface area contributed by atoms with E-state index < -0.39 is 21.7 Å². The lowest BCUT2D eigenvalue weighted by molar-refractivity contribution is 0.255. The average Bonchev–Trinajstić information content (AvgIpc) is 1.20. The van der Waals surface area contributed by atoms with Crippen LogP contribution >= 0.6 is 0 Å². The zero-order valence-corrected chi connectivity index (χ0v) is 76.9. The maximum atomic E-state index is 19.4. The van der Waals surface area contributed by atoms with E-state index in [0.717, 1.165) is 33.5 Å². The summed E-state index contributed by atoms with van der Waals surface area (Å²) < 4.78 is 0. The molecule has 124 heavy (non-hydrogen) atoms. The predicted octanol–water partition coefficient (Wildman–Crippen LogP) is 25.0. The average molecular weight is 1610 g/mol. The van der Waals surface area contributed by atoms with E-state index in [9.17, 15) is 0 Å². The molecular formula is C119H110B2N2O. The Bertz CT molecular complexity index is 6750. The first-order valence-electron chi connectivity index (χ1n) is 46.1. The molecule has 11 aliphatic rings. The van der Waals surface area contributed by atoms with E-state index in [1.165, 1.54) is 211 Å². The Balaban J connectivity index is 0.919. The topological polar surface area (TPSA) is 23.6 Å². The van der Waals surface area contributed by atoms with Crippen LogP contribution in [0.5, 0.6) is 0 Å². The van der Waals surface area contributed by atoms with Gasteiger partial charge < -0.3 is 0 Å². The number of carbonyl (C=O) groups is 1. The van der Waals surface area contributed by atoms with Crippen molar-refractivity contribution in [1.82, 2.24) is 0 Å². The molecule has 608 valence electrons. The largest absolute Gasteiger partial charge is 0.338 e. The van der Waals surface area contributed by atoms with Gasteiger partial charge in [0.25, 0.3) is 0 Å². The zero-order valence-electron chi connectivity index (χ0n) is 76.9. The minimum Gasteiger partial charge on any atom is -0.263 e. The molecule has 25 rings (SSSR count). The standard InChI is InChI=1S/C119H110B2N2O/c1-108(2,3)64-37-45-72-73-46-38-65(109(4,5)6)56-87(73)116(86(72)55-64)80-29-25-31-82-99(80)120-101-84(116)33-27-35-96(101)122-105-98-63(53-94(103(105)120)118(82)90-59-68(112(13,14)15)41-49-76(90)77-50-42-69(60-91(77)118)113(16,17)18)54-95-104-106(98)123(107(122)124)97-36-28-34-85-102(97)121(104)100-81(117(85)88-57-66(110(7,8)9)39-47-74(88)75-48-40-67(58-89(75)117)111(10,11)12)30-26-32-83(100)119(95)92-61-70(114(19,20)21)43-51-78(92)79-52-44-71(62-93(79)119)115(22,23)24/h25-62H,1-24H3. The van der Waals surface area contributed by atoms with Crippen LogP contribution in [0.15, 0.2) is 231 Å². The maximum Gasteiger partial charge on any atom is 0.338 e. The van der Waals surface area contributed by atoms with Gasteiger partial charge >= 0.3 is 6.03 Å². The number of hydrogen-bond acceptors (Lipinski definition) is 1. The van der Waals surface area contributed by atoms with E-state index in [2.05, 4.69) is 406 Å². The Kier molecular flexibility index (Phi) is 13.8. The van der Waals surface area contributed by atoms with Crippen LogP contribution in [0.3, 0.4) is 0 Å². The summed E-state index contributed by atoms with van der Waals surface area (Å²) in [7, 11) is 0. The van der Waals surface area contributed by atoms with E-state index in [1.54, 1.807) is 0 Å². The van der Waals surface area contributed by atoms with Gasteiger partial charge in [0.15, 0.2) is 0 Å². The fraction of sp³-hybridized carbons (Fsp3) is 0.303. The maximum absolute atomic E-state index is 19.4. The number of benzene rings is 14. The number of nitrogens with zero attached hydrogens (tertiary/aromatic N) is 2. The lowest BCUT2D eigenvalue weighted by Crippen LogP contribution is -2.73. The smallest absolute Gasteiger partial charge is 0.263 e. The summed E-state index contributed by atoms with van der Waals surface area (Å²) in [4.78, 5) is 24.1. The van der Waals surface area contributed by atoms with Crippen LogP contribution in [0.4, 0.5) is 27.5 Å². The highest BCUT2D eigenvalue weighted by Gasteiger charge is 2.68. The first-order chi connectivity index (χ1) is 58.5. The van der Waals surface area contributed by atoms with Crippen molar-refractivity contribution in [3.05, 3.63) is 364 Å². The lowest BCUT2D eigenvalue weighted by Gasteiger charge is -2.57. The molecule has 4 aliphatic carbocycles. The van der Waals surface area contributed by atoms with Crippen LogP contribution < -0.4 is 42.6 Å². The molecule has 7 aliphatic heterocycles. The number of amides is 2. The Morgan fingerprint density at radius 1 is 0.210 bits per heavy atom. The fourth-order valence-electron chi connectivity index (χ4n) is 26.6. The molecule has 0 saturated heterocycles. The molecule has 0 saturated carbocycles. The van der Waals surface area contributed by atoms with Crippen molar-refractivity contribution in [2.24, 2.45) is 0 Å². The summed E-state index contributed by atoms with van der Waals surface area (Å²) in [5.74, 6) is 0. The molecular weight excluding hydrogens is 1490 g/mol. The van der Waals surface area contributed by atoms with Crippen molar-refractivity contribution in [1.29, 1.82) is 0 Å². The summed E-state index contributed by atoms with van der Waals surface area (Å²) in [5, 5.41) is 2.32. The van der Waals surface area contributed by atoms with Gasteiger partial charge in [-0.3, -0.25) is 9.80 Å². The summed E-state index contributed by atoms with van der Waals surface area (Å²) in [5.41, 5.74) is 48.4. The molecule has 0 bridgehead atoms. The molecule has 2 amide bonds. The van der Waals surface area contributed by atoms with Crippen molar-refractivity contribution >= 4 is 85.8 Å². The minimum atomic E-state index is -0.925. The van der Waals surface area contributed by atoms with E-state index in [0.29, 0.717) is 0 Å². The number of hydrogen-bond donors (Lipinski definition) is 0. The number of carbonyl (C=O) groups excluding carboxylic acids is 1. The van der Waals surface area contributed by atoms with Crippen LogP contribution in [0.2, 0.25) is 0 Å². The normalized spacial score (nSPS) is 17.1. The molecule has 0 fully saturated rings. The molecule has 0 N–H and O–H groups in total. The second-order valence-corrected chi connectivity index (χ2v) is 47.4. The molecule has 0 aromatic heterocycles. The molecule has 0 unspecified atom stereocenters. The van der Waals surface area contributed by atoms with Gasteiger partial charge in [0.2, 0.25) is 13.4 Å². The van der Waals surface area contributed by atoms with Crippen LogP contribution in [-0.4, -0.2) is 19.5 Å². The molecule has 0 radical (unpaired) electrons. The van der Waals surface area contributed by atoms with E-state index >= 15 is 4.79 Å². The summed E-state index contributed by atoms with van der Waals surface area (Å²) in [6.07, 6.45) is 0. The van der Waals surface area contributed by atoms with Crippen molar-refractivity contribution in [2.75, 3.05) is 9.80 Å². The monoisotopic (exact) mass is 1600 g/mol. The van der Waals surface area contributed by atoms with Crippen molar-refractivity contribution in [3.8, 4) is 44.5 Å². The van der Waals surface area contributed by atoms with Crippen LogP contribution in [0.1, 0.15) is 300 Å². The van der Waals surface area contributed by atoms with Gasteiger partial charge in [-0.1, -0.05) is 383 Å². The molecule has 3 nitrogen and oxygen atoms in total. The second-order valence-electron chi connectivity index (χ2n) is 47.4. The third-order valence-electron chi connectivity index (χ3n) is 32.6. The fourth-order valence-corrected chi connectivity index (χ4v) is 26.6. The SMILES string of the molecule is CC(C)(C)c1ccc2c(c1)C1(c3cc(C(C)(C)C)ccc3-2)c2cccc3c2B2c4c1cccc4C1(c4cc(C(C)(C)C)ccc4-c4ccc(C(C)(C)C)cc41)c1cc4cc5c6c7c4c(c12)N3C(=O)N7c1cccc2c1B6c1c(cccc1C51c3cc(C(C)(C)C)ccc3-c3ccc(C(C)(C)C)cc31)C21c2cc(C(C)(C)C)ccc2-c2ccc(C(C)(C)C)cc21. The number of fused-ring (bicyclic) bond motifs is 30. The van der Waals surface area contributed by atoms with Gasteiger partial charge in [0.1, 0.15) is 0 Å². The summed E-state index contributed by atoms with van der Waals surface area (Å²) in [6.45, 7) is 56.9. The molecule has 0 atom stereocenters. The van der Waals surface area contributed by atoms with E-state index in [4.69, 9.17) is 0 Å². The van der Waals surface area contributed by atoms with Crippen molar-refractivity contribution in [2.45, 2.75) is 231 Å². The molecule has 14 aromatic rings. The van der Waals surface area contributed by atoms with Gasteiger partial charge in [-0.05, 0) is 273 Å². The minimum absolute atomic E-state index is 0.0288. The summed E-state index contributed by atoms with van der Waals surface area (Å²) >= 11 is 0. The molecule has 5 heteroatoms. The van der Waals surface area contributed by atoms with Crippen LogP contribution in [0.25, 0.3) is 55.3 Å². The van der Waals surface area contributed by atoms with Gasteiger partial charge in [0.05, 0.1) is 33.0 Å². The highest BCUT2D eigenvalue weighted by Crippen LogP contribution is 2.69. The first kappa shape index (κ1) is 75.3. The van der Waals surface area contributed by atoms with Crippen molar-refractivity contribution in [3.63, 3.8) is 0 Å². The number of anilines is 4. The zero-order chi connectivity index (χ0) is 86.2. The highest BCUT2D eigenvalue weighted by molar-refractivity contribution is 7.02. The summed E-state index contributed by atoms with van der Waals surface area (Å²) in [6, 6.07) is 95.9. The third-order valence-corrected chi connectivity index (χ3v) is 32.6. The van der Waals surface area contributed by atoms with Gasteiger partial charge in [-0.15, -0.1) is 0 Å².